The first-order chi connectivity index (χ1) is 8.58. The topological polar surface area (TPSA) is 82.3 Å². The van der Waals surface area contributed by atoms with Crippen LogP contribution >= 0.6 is 11.8 Å². The number of furan rings is 1. The van der Waals surface area contributed by atoms with Crippen molar-refractivity contribution in [2.45, 2.75) is 17.6 Å². The molecular weight excluding hydrogens is 252 g/mol. The zero-order valence-corrected chi connectivity index (χ0v) is 10.6. The smallest absolute Gasteiger partial charge is 0.269 e. The van der Waals surface area contributed by atoms with Gasteiger partial charge in [0, 0.05) is 28.5 Å². The SMILES string of the molecule is Cc1occc1SCc1cc([N+](=O)[O-])ccc1N. The summed E-state index contributed by atoms with van der Waals surface area (Å²) in [5.41, 5.74) is 7.19. The van der Waals surface area contributed by atoms with Gasteiger partial charge in [0.15, 0.2) is 0 Å². The number of nitrogens with zero attached hydrogens (tertiary/aromatic N) is 1. The summed E-state index contributed by atoms with van der Waals surface area (Å²) < 4.78 is 5.18. The van der Waals surface area contributed by atoms with E-state index in [1.54, 1.807) is 24.1 Å². The molecule has 2 rings (SSSR count). The summed E-state index contributed by atoms with van der Waals surface area (Å²) in [4.78, 5) is 11.3. The molecule has 0 atom stereocenters. The third kappa shape index (κ3) is 2.65. The Morgan fingerprint density at radius 3 is 2.83 bits per heavy atom. The zero-order chi connectivity index (χ0) is 13.1. The van der Waals surface area contributed by atoms with Gasteiger partial charge < -0.3 is 10.2 Å². The molecule has 1 heterocycles. The van der Waals surface area contributed by atoms with Crippen molar-refractivity contribution in [2.24, 2.45) is 0 Å². The molecule has 94 valence electrons. The molecule has 1 aromatic carbocycles. The van der Waals surface area contributed by atoms with Crippen LogP contribution in [0.2, 0.25) is 0 Å². The van der Waals surface area contributed by atoms with Crippen molar-refractivity contribution in [3.63, 3.8) is 0 Å². The fourth-order valence-electron chi connectivity index (χ4n) is 1.51. The highest BCUT2D eigenvalue weighted by Crippen LogP contribution is 2.30. The minimum Gasteiger partial charge on any atom is -0.468 e. The Balaban J connectivity index is 2.16. The highest BCUT2D eigenvalue weighted by atomic mass is 32.2. The van der Waals surface area contributed by atoms with Crippen LogP contribution in [0.25, 0.3) is 0 Å². The normalized spacial score (nSPS) is 10.5. The molecule has 0 amide bonds. The maximum atomic E-state index is 10.7. The molecule has 0 spiro atoms. The summed E-state index contributed by atoms with van der Waals surface area (Å²) >= 11 is 1.55. The molecule has 0 radical (unpaired) electrons. The van der Waals surface area contributed by atoms with Crippen molar-refractivity contribution in [3.8, 4) is 0 Å². The number of hydrogen-bond acceptors (Lipinski definition) is 5. The first-order valence-corrected chi connectivity index (χ1v) is 6.26. The van der Waals surface area contributed by atoms with Crippen molar-refractivity contribution in [1.82, 2.24) is 0 Å². The van der Waals surface area contributed by atoms with Crippen molar-refractivity contribution >= 4 is 23.1 Å². The number of nitro groups is 1. The van der Waals surface area contributed by atoms with Gasteiger partial charge in [-0.05, 0) is 24.6 Å². The van der Waals surface area contributed by atoms with E-state index >= 15 is 0 Å². The molecule has 0 unspecified atom stereocenters. The maximum Gasteiger partial charge on any atom is 0.269 e. The number of aryl methyl sites for hydroxylation is 1. The minimum absolute atomic E-state index is 0.0590. The zero-order valence-electron chi connectivity index (χ0n) is 9.75. The van der Waals surface area contributed by atoms with Crippen LogP contribution in [0.1, 0.15) is 11.3 Å². The van der Waals surface area contributed by atoms with Crippen molar-refractivity contribution in [2.75, 3.05) is 5.73 Å². The van der Waals surface area contributed by atoms with E-state index in [9.17, 15) is 10.1 Å². The Morgan fingerprint density at radius 1 is 1.44 bits per heavy atom. The van der Waals surface area contributed by atoms with Gasteiger partial charge in [0.1, 0.15) is 5.76 Å². The summed E-state index contributed by atoms with van der Waals surface area (Å²) in [6.07, 6.45) is 1.62. The van der Waals surface area contributed by atoms with Crippen LogP contribution in [0.15, 0.2) is 39.8 Å². The fraction of sp³-hybridized carbons (Fsp3) is 0.167. The number of nitrogens with two attached hydrogens (primary N) is 1. The van der Waals surface area contributed by atoms with Gasteiger partial charge in [-0.2, -0.15) is 0 Å². The lowest BCUT2D eigenvalue weighted by Crippen LogP contribution is -1.95. The van der Waals surface area contributed by atoms with E-state index in [0.29, 0.717) is 11.4 Å². The second-order valence-corrected chi connectivity index (χ2v) is 4.79. The Kier molecular flexibility index (Phi) is 3.57. The molecule has 6 heteroatoms. The minimum atomic E-state index is -0.420. The van der Waals surface area contributed by atoms with E-state index in [-0.39, 0.29) is 5.69 Å². The third-order valence-corrected chi connectivity index (χ3v) is 3.72. The van der Waals surface area contributed by atoms with Crippen LogP contribution in [0, 0.1) is 17.0 Å². The summed E-state index contributed by atoms with van der Waals surface area (Å²) in [6, 6.07) is 6.36. The second kappa shape index (κ2) is 5.14. The molecule has 0 aliphatic rings. The molecule has 2 aromatic rings. The van der Waals surface area contributed by atoms with E-state index < -0.39 is 4.92 Å². The quantitative estimate of drug-likeness (QED) is 0.396. The van der Waals surface area contributed by atoms with Gasteiger partial charge >= 0.3 is 0 Å². The predicted molar refractivity (Wildman–Crippen MR) is 70.5 cm³/mol. The summed E-state index contributed by atoms with van der Waals surface area (Å²) in [5.74, 6) is 1.41. The van der Waals surface area contributed by atoms with Gasteiger partial charge in [0.25, 0.3) is 5.69 Å². The Labute approximate surface area is 108 Å². The van der Waals surface area contributed by atoms with Gasteiger partial charge in [-0.1, -0.05) is 0 Å². The van der Waals surface area contributed by atoms with Crippen LogP contribution in [0.5, 0.6) is 0 Å². The van der Waals surface area contributed by atoms with Crippen LogP contribution in [-0.2, 0) is 5.75 Å². The van der Waals surface area contributed by atoms with Gasteiger partial charge in [-0.25, -0.2) is 0 Å². The molecule has 0 aliphatic heterocycles. The first-order valence-electron chi connectivity index (χ1n) is 5.27. The van der Waals surface area contributed by atoms with Crippen molar-refractivity contribution in [3.05, 3.63) is 52.0 Å². The van der Waals surface area contributed by atoms with Gasteiger partial charge in [0.05, 0.1) is 11.2 Å². The van der Waals surface area contributed by atoms with Gasteiger partial charge in [0.2, 0.25) is 0 Å². The lowest BCUT2D eigenvalue weighted by molar-refractivity contribution is -0.384. The van der Waals surface area contributed by atoms with Crippen molar-refractivity contribution in [1.29, 1.82) is 0 Å². The van der Waals surface area contributed by atoms with E-state index in [1.165, 1.54) is 12.1 Å². The number of hydrogen-bond donors (Lipinski definition) is 1. The van der Waals surface area contributed by atoms with Crippen LogP contribution in [0.3, 0.4) is 0 Å². The van der Waals surface area contributed by atoms with E-state index in [4.69, 9.17) is 10.2 Å². The predicted octanol–water partition coefficient (Wildman–Crippen LogP) is 3.37. The molecule has 1 aromatic heterocycles. The average molecular weight is 264 g/mol. The largest absolute Gasteiger partial charge is 0.468 e. The molecule has 0 fully saturated rings. The van der Waals surface area contributed by atoms with Crippen LogP contribution in [0.4, 0.5) is 11.4 Å². The second-order valence-electron chi connectivity index (χ2n) is 3.77. The molecule has 5 nitrogen and oxygen atoms in total. The number of nitro benzene ring substituents is 1. The maximum absolute atomic E-state index is 10.7. The lowest BCUT2D eigenvalue weighted by atomic mass is 10.2. The number of thioether (sulfide) groups is 1. The monoisotopic (exact) mass is 264 g/mol. The van der Waals surface area contributed by atoms with E-state index in [2.05, 4.69) is 0 Å². The highest BCUT2D eigenvalue weighted by Gasteiger charge is 2.10. The van der Waals surface area contributed by atoms with Gasteiger partial charge in [-0.3, -0.25) is 10.1 Å². The summed E-state index contributed by atoms with van der Waals surface area (Å²) in [5, 5.41) is 10.7. The Bertz CT molecular complexity index is 580. The Morgan fingerprint density at radius 2 is 2.22 bits per heavy atom. The number of anilines is 1. The summed E-state index contributed by atoms with van der Waals surface area (Å²) in [7, 11) is 0. The molecule has 0 aliphatic carbocycles. The van der Waals surface area contributed by atoms with Crippen LogP contribution in [-0.4, -0.2) is 4.92 Å². The highest BCUT2D eigenvalue weighted by molar-refractivity contribution is 7.98. The molecule has 0 bridgehead atoms. The summed E-state index contributed by atoms with van der Waals surface area (Å²) in [6.45, 7) is 1.87. The average Bonchev–Trinajstić information content (AvgIpc) is 2.73. The fourth-order valence-corrected chi connectivity index (χ4v) is 2.47. The number of rotatable bonds is 4. The lowest BCUT2D eigenvalue weighted by Gasteiger charge is -2.04. The number of non-ortho nitro benzene ring substituents is 1. The third-order valence-electron chi connectivity index (χ3n) is 2.53. The standard InChI is InChI=1S/C12H12N2O3S/c1-8-12(4-5-17-8)18-7-9-6-10(14(15)16)2-3-11(9)13/h2-6H,7,13H2,1H3. The van der Waals surface area contributed by atoms with E-state index in [1.807, 2.05) is 13.0 Å². The number of benzene rings is 1. The molecule has 0 saturated carbocycles. The van der Waals surface area contributed by atoms with E-state index in [0.717, 1.165) is 16.2 Å². The number of nitrogen functional groups attached to an aromatic ring is 1. The van der Waals surface area contributed by atoms with Gasteiger partial charge in [-0.15, -0.1) is 11.8 Å². The Hall–Kier alpha value is -1.95. The molecule has 18 heavy (non-hydrogen) atoms. The molecular formula is C12H12N2O3S. The van der Waals surface area contributed by atoms with Crippen molar-refractivity contribution < 1.29 is 9.34 Å². The van der Waals surface area contributed by atoms with Crippen LogP contribution < -0.4 is 5.73 Å². The first kappa shape index (κ1) is 12.5. The molecule has 2 N–H and O–H groups in total. The molecule has 0 saturated heterocycles.